The molecule has 0 spiro atoms. The average molecular weight is 111 g/mol. The smallest absolute Gasteiger partial charge is 0.149 e. The second-order valence-corrected chi connectivity index (χ2v) is 2.62. The average Bonchev–Trinajstić information content (AvgIpc) is 1.77. The first-order chi connectivity index (χ1) is 3.79. The Balaban J connectivity index is 2.19. The van der Waals surface area contributed by atoms with Crippen LogP contribution in [0.1, 0.15) is 13.8 Å². The first kappa shape index (κ1) is 6.15. The largest absolute Gasteiger partial charge is 0.387 e. The van der Waals surface area contributed by atoms with Gasteiger partial charge >= 0.3 is 0 Å². The molecule has 8 heavy (non-hydrogen) atoms. The van der Waals surface area contributed by atoms with E-state index >= 15 is 0 Å². The third kappa shape index (κ3) is 1.51. The van der Waals surface area contributed by atoms with Crippen molar-refractivity contribution in [2.24, 2.45) is 5.92 Å². The SMILES string of the molecule is CC1C[B]C(C)OC1. The monoisotopic (exact) mass is 111 g/mol. The highest BCUT2D eigenvalue weighted by Gasteiger charge is 2.14. The summed E-state index contributed by atoms with van der Waals surface area (Å²) in [7, 11) is 2.23. The molecule has 0 amide bonds. The maximum absolute atomic E-state index is 5.33. The summed E-state index contributed by atoms with van der Waals surface area (Å²) in [6, 6.07) is 0.395. The second kappa shape index (κ2) is 2.54. The second-order valence-electron chi connectivity index (χ2n) is 2.62. The molecule has 1 aliphatic heterocycles. The quantitative estimate of drug-likeness (QED) is 0.425. The van der Waals surface area contributed by atoms with E-state index in [0.717, 1.165) is 12.5 Å². The Labute approximate surface area is 51.7 Å². The molecule has 1 rings (SSSR count). The van der Waals surface area contributed by atoms with Crippen LogP contribution in [0.4, 0.5) is 0 Å². The molecule has 1 nitrogen and oxygen atoms in total. The van der Waals surface area contributed by atoms with Crippen molar-refractivity contribution in [1.29, 1.82) is 0 Å². The summed E-state index contributed by atoms with van der Waals surface area (Å²) in [6.07, 6.45) is 1.22. The first-order valence-corrected chi connectivity index (χ1v) is 3.24. The van der Waals surface area contributed by atoms with Gasteiger partial charge in [-0.1, -0.05) is 13.2 Å². The standard InChI is InChI=1S/C6H12BO/c1-5-3-7-6(2)8-4-5/h5-6H,3-4H2,1-2H3. The number of hydrogen-bond acceptors (Lipinski definition) is 1. The van der Waals surface area contributed by atoms with Gasteiger partial charge < -0.3 is 4.74 Å². The van der Waals surface area contributed by atoms with Gasteiger partial charge in [0.1, 0.15) is 7.28 Å². The summed E-state index contributed by atoms with van der Waals surface area (Å²) >= 11 is 0. The molecule has 1 aliphatic rings. The van der Waals surface area contributed by atoms with E-state index in [9.17, 15) is 0 Å². The summed E-state index contributed by atoms with van der Waals surface area (Å²) in [5, 5.41) is 0. The Morgan fingerprint density at radius 2 is 2.25 bits per heavy atom. The lowest BCUT2D eigenvalue weighted by Crippen LogP contribution is -2.27. The van der Waals surface area contributed by atoms with Crippen LogP contribution >= 0.6 is 0 Å². The van der Waals surface area contributed by atoms with Crippen LogP contribution in [0.5, 0.6) is 0 Å². The van der Waals surface area contributed by atoms with E-state index in [2.05, 4.69) is 21.1 Å². The third-order valence-electron chi connectivity index (χ3n) is 1.51. The molecule has 0 aromatic carbocycles. The van der Waals surface area contributed by atoms with E-state index < -0.39 is 0 Å². The normalized spacial score (nSPS) is 38.8. The molecule has 0 saturated carbocycles. The zero-order valence-corrected chi connectivity index (χ0v) is 5.55. The van der Waals surface area contributed by atoms with Crippen molar-refractivity contribution in [3.05, 3.63) is 0 Å². The van der Waals surface area contributed by atoms with E-state index in [4.69, 9.17) is 4.74 Å². The maximum Gasteiger partial charge on any atom is 0.149 e. The Morgan fingerprint density at radius 3 is 2.62 bits per heavy atom. The van der Waals surface area contributed by atoms with E-state index in [1.807, 2.05) is 0 Å². The molecule has 2 heteroatoms. The highest BCUT2D eigenvalue weighted by molar-refractivity contribution is 6.37. The molecular weight excluding hydrogens is 98.9 g/mol. The Hall–Kier alpha value is 0.0249. The van der Waals surface area contributed by atoms with Crippen molar-refractivity contribution in [3.8, 4) is 0 Å². The fourth-order valence-electron chi connectivity index (χ4n) is 0.876. The van der Waals surface area contributed by atoms with Crippen LogP contribution in [-0.2, 0) is 4.74 Å². The van der Waals surface area contributed by atoms with Crippen molar-refractivity contribution in [1.82, 2.24) is 0 Å². The van der Waals surface area contributed by atoms with E-state index in [0.29, 0.717) is 6.00 Å². The topological polar surface area (TPSA) is 9.23 Å². The molecule has 45 valence electrons. The predicted octanol–water partition coefficient (Wildman–Crippen LogP) is 1.12. The minimum Gasteiger partial charge on any atom is -0.387 e. The van der Waals surface area contributed by atoms with Gasteiger partial charge in [-0.15, -0.1) is 0 Å². The number of hydrogen-bond donors (Lipinski definition) is 0. The molecule has 0 bridgehead atoms. The minimum atomic E-state index is 0.395. The van der Waals surface area contributed by atoms with Gasteiger partial charge in [0.15, 0.2) is 0 Å². The van der Waals surface area contributed by atoms with Crippen LogP contribution in [0.25, 0.3) is 0 Å². The van der Waals surface area contributed by atoms with E-state index in [-0.39, 0.29) is 0 Å². The summed E-state index contributed by atoms with van der Waals surface area (Å²) in [4.78, 5) is 0. The molecule has 0 aliphatic carbocycles. The fraction of sp³-hybridized carbons (Fsp3) is 1.00. The molecular formula is C6H12BO. The summed E-state index contributed by atoms with van der Waals surface area (Å²) in [5.74, 6) is 0.742. The zero-order valence-electron chi connectivity index (χ0n) is 5.55. The molecule has 0 aromatic heterocycles. The molecule has 2 atom stereocenters. The van der Waals surface area contributed by atoms with Gasteiger partial charge in [-0.25, -0.2) is 0 Å². The van der Waals surface area contributed by atoms with Gasteiger partial charge in [0, 0.05) is 12.6 Å². The van der Waals surface area contributed by atoms with Crippen LogP contribution in [0.2, 0.25) is 6.32 Å². The van der Waals surface area contributed by atoms with Gasteiger partial charge in [-0.3, -0.25) is 0 Å². The van der Waals surface area contributed by atoms with Gasteiger partial charge in [0.2, 0.25) is 0 Å². The molecule has 0 aromatic rings. The van der Waals surface area contributed by atoms with Crippen LogP contribution < -0.4 is 0 Å². The van der Waals surface area contributed by atoms with Crippen LogP contribution in [0.15, 0.2) is 0 Å². The van der Waals surface area contributed by atoms with Crippen molar-refractivity contribution in [2.45, 2.75) is 26.2 Å². The molecule has 1 radical (unpaired) electrons. The van der Waals surface area contributed by atoms with Crippen molar-refractivity contribution >= 4 is 7.28 Å². The lowest BCUT2D eigenvalue weighted by Gasteiger charge is -2.22. The summed E-state index contributed by atoms with van der Waals surface area (Å²) in [6.45, 7) is 5.24. The highest BCUT2D eigenvalue weighted by Crippen LogP contribution is 2.11. The van der Waals surface area contributed by atoms with Crippen molar-refractivity contribution in [3.63, 3.8) is 0 Å². The Morgan fingerprint density at radius 1 is 1.50 bits per heavy atom. The predicted molar refractivity (Wildman–Crippen MR) is 35.1 cm³/mol. The molecule has 2 unspecified atom stereocenters. The molecule has 1 saturated heterocycles. The van der Waals surface area contributed by atoms with Gasteiger partial charge in [-0.2, -0.15) is 0 Å². The van der Waals surface area contributed by atoms with Crippen LogP contribution in [-0.4, -0.2) is 19.9 Å². The number of ether oxygens (including phenoxy) is 1. The van der Waals surface area contributed by atoms with Crippen LogP contribution in [0.3, 0.4) is 0 Å². The van der Waals surface area contributed by atoms with Crippen molar-refractivity contribution < 1.29 is 4.74 Å². The summed E-state index contributed by atoms with van der Waals surface area (Å²) < 4.78 is 5.33. The first-order valence-electron chi connectivity index (χ1n) is 3.24. The van der Waals surface area contributed by atoms with E-state index in [1.165, 1.54) is 6.32 Å². The number of rotatable bonds is 0. The fourth-order valence-corrected chi connectivity index (χ4v) is 0.876. The lowest BCUT2D eigenvalue weighted by molar-refractivity contribution is 0.0794. The van der Waals surface area contributed by atoms with Gasteiger partial charge in [-0.05, 0) is 12.8 Å². The molecule has 1 heterocycles. The summed E-state index contributed by atoms with van der Waals surface area (Å²) in [5.41, 5.74) is 0. The van der Waals surface area contributed by atoms with E-state index in [1.54, 1.807) is 0 Å². The lowest BCUT2D eigenvalue weighted by atomic mass is 9.64. The van der Waals surface area contributed by atoms with Gasteiger partial charge in [0.25, 0.3) is 0 Å². The molecule has 1 fully saturated rings. The van der Waals surface area contributed by atoms with Crippen molar-refractivity contribution in [2.75, 3.05) is 6.61 Å². The minimum absolute atomic E-state index is 0.395. The van der Waals surface area contributed by atoms with Gasteiger partial charge in [0.05, 0.1) is 0 Å². The Kier molecular flexibility index (Phi) is 1.95. The highest BCUT2D eigenvalue weighted by atomic mass is 16.5. The van der Waals surface area contributed by atoms with Crippen LogP contribution in [0, 0.1) is 5.92 Å². The zero-order chi connectivity index (χ0) is 5.98. The maximum atomic E-state index is 5.33. The molecule has 0 N–H and O–H groups in total. The Bertz CT molecular complexity index is 56.9. The third-order valence-corrected chi connectivity index (χ3v) is 1.51.